The number of nitrogens with zero attached hydrogens (tertiary/aromatic N) is 1. The lowest BCUT2D eigenvalue weighted by Crippen LogP contribution is -1.87. The molecule has 6 aromatic rings. The van der Waals surface area contributed by atoms with Crippen molar-refractivity contribution in [2.45, 2.75) is 0 Å². The fourth-order valence-corrected chi connectivity index (χ4v) is 5.45. The second-order valence-corrected chi connectivity index (χ2v) is 8.17. The van der Waals surface area contributed by atoms with Crippen molar-refractivity contribution in [2.24, 2.45) is 7.05 Å². The van der Waals surface area contributed by atoms with E-state index >= 15 is 0 Å². The Morgan fingerprint density at radius 3 is 2.33 bits per heavy atom. The monoisotopic (exact) mass is 363 g/mol. The molecule has 0 bridgehead atoms. The summed E-state index contributed by atoms with van der Waals surface area (Å²) in [6, 6.07) is 30.8. The second kappa shape index (κ2) is 5.45. The molecule has 0 amide bonds. The van der Waals surface area contributed by atoms with Crippen LogP contribution in [-0.4, -0.2) is 4.57 Å². The van der Waals surface area contributed by atoms with Gasteiger partial charge < -0.3 is 4.57 Å². The van der Waals surface area contributed by atoms with Gasteiger partial charge in [0.15, 0.2) is 0 Å². The zero-order chi connectivity index (χ0) is 18.0. The minimum absolute atomic E-state index is 1.26. The number of benzene rings is 4. The van der Waals surface area contributed by atoms with E-state index in [1.165, 1.54) is 53.1 Å². The summed E-state index contributed by atoms with van der Waals surface area (Å²) in [5, 5.41) is 5.40. The highest BCUT2D eigenvalue weighted by Gasteiger charge is 2.15. The molecule has 0 fully saturated rings. The van der Waals surface area contributed by atoms with E-state index < -0.39 is 0 Å². The summed E-state index contributed by atoms with van der Waals surface area (Å²) in [6.45, 7) is 0. The van der Waals surface area contributed by atoms with Crippen LogP contribution in [0.25, 0.3) is 53.1 Å². The summed E-state index contributed by atoms with van der Waals surface area (Å²) in [6.07, 6.45) is 0. The van der Waals surface area contributed by atoms with E-state index in [0.29, 0.717) is 0 Å². The molecule has 2 heterocycles. The van der Waals surface area contributed by atoms with Crippen LogP contribution >= 0.6 is 11.3 Å². The van der Waals surface area contributed by atoms with E-state index in [0.717, 1.165) is 0 Å². The van der Waals surface area contributed by atoms with Crippen LogP contribution in [-0.2, 0) is 7.05 Å². The van der Waals surface area contributed by atoms with Gasteiger partial charge in [-0.15, -0.1) is 11.3 Å². The van der Waals surface area contributed by atoms with Gasteiger partial charge in [-0.05, 0) is 35.4 Å². The molecular formula is C25H17NS. The first-order valence-electron chi connectivity index (χ1n) is 9.19. The predicted molar refractivity (Wildman–Crippen MR) is 119 cm³/mol. The lowest BCUT2D eigenvalue weighted by Gasteiger charge is -2.03. The maximum Gasteiger partial charge on any atom is 0.0583 e. The lowest BCUT2D eigenvalue weighted by molar-refractivity contribution is 1.02. The Hall–Kier alpha value is -3.10. The molecule has 2 aromatic heterocycles. The summed E-state index contributed by atoms with van der Waals surface area (Å²) in [4.78, 5) is 0. The predicted octanol–water partition coefficient (Wildman–Crippen LogP) is 7.37. The van der Waals surface area contributed by atoms with E-state index in [4.69, 9.17) is 0 Å². The van der Waals surface area contributed by atoms with Crippen molar-refractivity contribution in [2.75, 3.05) is 0 Å². The first-order valence-corrected chi connectivity index (χ1v) is 10.0. The van der Waals surface area contributed by atoms with Gasteiger partial charge in [-0.25, -0.2) is 0 Å². The molecule has 4 aromatic carbocycles. The second-order valence-electron chi connectivity index (χ2n) is 7.09. The number of aryl methyl sites for hydroxylation is 1. The van der Waals surface area contributed by atoms with Gasteiger partial charge in [0.2, 0.25) is 0 Å². The molecule has 2 heteroatoms. The number of fused-ring (bicyclic) bond motifs is 7. The van der Waals surface area contributed by atoms with Gasteiger partial charge >= 0.3 is 0 Å². The van der Waals surface area contributed by atoms with Crippen molar-refractivity contribution in [1.82, 2.24) is 4.57 Å². The Bertz CT molecular complexity index is 1470. The minimum atomic E-state index is 1.26. The van der Waals surface area contributed by atoms with Gasteiger partial charge in [0.05, 0.1) is 5.52 Å². The van der Waals surface area contributed by atoms with E-state index in [1.807, 2.05) is 11.3 Å². The van der Waals surface area contributed by atoms with Gasteiger partial charge in [0.1, 0.15) is 0 Å². The van der Waals surface area contributed by atoms with Crippen LogP contribution in [0.5, 0.6) is 0 Å². The van der Waals surface area contributed by atoms with E-state index in [9.17, 15) is 0 Å². The highest BCUT2D eigenvalue weighted by Crippen LogP contribution is 2.41. The van der Waals surface area contributed by atoms with Gasteiger partial charge in [0.25, 0.3) is 0 Å². The Morgan fingerprint density at radius 1 is 0.630 bits per heavy atom. The first-order chi connectivity index (χ1) is 13.3. The molecule has 0 atom stereocenters. The zero-order valence-corrected chi connectivity index (χ0v) is 15.8. The Labute approximate surface area is 161 Å². The van der Waals surface area contributed by atoms with Crippen LogP contribution in [0.2, 0.25) is 0 Å². The lowest BCUT2D eigenvalue weighted by atomic mass is 10.0. The van der Waals surface area contributed by atoms with Crippen molar-refractivity contribution in [1.29, 1.82) is 0 Å². The van der Waals surface area contributed by atoms with Crippen LogP contribution in [0.3, 0.4) is 0 Å². The molecule has 0 radical (unpaired) electrons. The molecule has 0 saturated heterocycles. The molecule has 0 saturated carbocycles. The van der Waals surface area contributed by atoms with E-state index in [1.54, 1.807) is 0 Å². The first kappa shape index (κ1) is 15.0. The van der Waals surface area contributed by atoms with Crippen molar-refractivity contribution in [3.05, 3.63) is 84.9 Å². The smallest absolute Gasteiger partial charge is 0.0583 e. The standard InChI is InChI=1S/C25H17NS/c1-26-21-13-11-17(16-7-3-2-4-8-16)15-20(21)18-12-14-23-24(25(18)26)19-9-5-6-10-22(19)27-23/h2-15H,1H3. The molecule has 0 unspecified atom stereocenters. The van der Waals surface area contributed by atoms with Crippen LogP contribution in [0.1, 0.15) is 0 Å². The minimum Gasteiger partial charge on any atom is -0.343 e. The van der Waals surface area contributed by atoms with Crippen molar-refractivity contribution in [3.63, 3.8) is 0 Å². The van der Waals surface area contributed by atoms with E-state index in [-0.39, 0.29) is 0 Å². The number of hydrogen-bond donors (Lipinski definition) is 0. The summed E-state index contributed by atoms with van der Waals surface area (Å²) < 4.78 is 5.08. The van der Waals surface area contributed by atoms with Gasteiger partial charge in [0, 0.05) is 43.5 Å². The summed E-state index contributed by atoms with van der Waals surface area (Å²) in [7, 11) is 2.19. The Balaban J connectivity index is 1.77. The van der Waals surface area contributed by atoms with Gasteiger partial charge in [-0.2, -0.15) is 0 Å². The average molecular weight is 363 g/mol. The van der Waals surface area contributed by atoms with Crippen molar-refractivity contribution in [3.8, 4) is 11.1 Å². The number of rotatable bonds is 1. The maximum absolute atomic E-state index is 2.36. The molecule has 0 aliphatic heterocycles. The Morgan fingerprint density at radius 2 is 1.44 bits per heavy atom. The molecule has 0 N–H and O–H groups in total. The zero-order valence-electron chi connectivity index (χ0n) is 14.9. The largest absolute Gasteiger partial charge is 0.343 e. The van der Waals surface area contributed by atoms with Crippen LogP contribution in [0.4, 0.5) is 0 Å². The van der Waals surface area contributed by atoms with Crippen LogP contribution < -0.4 is 0 Å². The van der Waals surface area contributed by atoms with Gasteiger partial charge in [-0.1, -0.05) is 60.7 Å². The molecule has 27 heavy (non-hydrogen) atoms. The molecule has 0 aliphatic rings. The highest BCUT2D eigenvalue weighted by atomic mass is 32.1. The van der Waals surface area contributed by atoms with E-state index in [2.05, 4.69) is 96.5 Å². The molecule has 6 rings (SSSR count). The summed E-state index contributed by atoms with van der Waals surface area (Å²) in [5.74, 6) is 0. The third-order valence-corrected chi connectivity index (χ3v) is 6.74. The summed E-state index contributed by atoms with van der Waals surface area (Å²) >= 11 is 1.88. The quantitative estimate of drug-likeness (QED) is 0.287. The highest BCUT2D eigenvalue weighted by molar-refractivity contribution is 7.26. The third-order valence-electron chi connectivity index (χ3n) is 5.61. The molecule has 1 nitrogen and oxygen atoms in total. The maximum atomic E-state index is 2.36. The number of aromatic nitrogens is 1. The van der Waals surface area contributed by atoms with Crippen molar-refractivity contribution >= 4 is 53.3 Å². The fourth-order valence-electron chi connectivity index (χ4n) is 4.34. The summed E-state index contributed by atoms with van der Waals surface area (Å²) in [5.41, 5.74) is 5.15. The topological polar surface area (TPSA) is 4.93 Å². The SMILES string of the molecule is Cn1c2ccc(-c3ccccc3)cc2c2ccc3sc4ccccc4c3c21. The number of hydrogen-bond acceptors (Lipinski definition) is 1. The third kappa shape index (κ3) is 2.05. The Kier molecular flexibility index (Phi) is 3.03. The fraction of sp³-hybridized carbons (Fsp3) is 0.0400. The molecule has 0 aliphatic carbocycles. The normalized spacial score (nSPS) is 11.9. The van der Waals surface area contributed by atoms with Gasteiger partial charge in [-0.3, -0.25) is 0 Å². The average Bonchev–Trinajstić information content (AvgIpc) is 3.24. The van der Waals surface area contributed by atoms with Crippen molar-refractivity contribution < 1.29 is 0 Å². The van der Waals surface area contributed by atoms with Crippen LogP contribution in [0, 0.1) is 0 Å². The molecular weight excluding hydrogens is 346 g/mol. The molecule has 128 valence electrons. The molecule has 0 spiro atoms. The number of thiophene rings is 1. The van der Waals surface area contributed by atoms with Crippen LogP contribution in [0.15, 0.2) is 84.9 Å².